The van der Waals surface area contributed by atoms with Crippen LogP contribution in [0.5, 0.6) is 5.75 Å². The summed E-state index contributed by atoms with van der Waals surface area (Å²) in [6.45, 7) is 3.74. The Hall–Kier alpha value is -4.59. The average Bonchev–Trinajstić information content (AvgIpc) is 3.39. The molecule has 0 bridgehead atoms. The number of carbonyl (C=O) groups is 4. The quantitative estimate of drug-likeness (QED) is 0.325. The molecule has 1 saturated carbocycles. The minimum absolute atomic E-state index is 0.186. The SMILES string of the molecule is CCc1ccc(N2C(=O)[C@H]3[C@H](CC=C4[C@H]3C[C@H]3C(=O)N(c5ccccc5)C(=O)[C@@]3(C)[C@H]4c3cccc(F)c3O)C2=O)cc1. The number of rotatable bonds is 4. The molecule has 3 aromatic rings. The number of fused-ring (bicyclic) bond motifs is 4. The highest BCUT2D eigenvalue weighted by Crippen LogP contribution is 2.64. The number of imide groups is 2. The van der Waals surface area contributed by atoms with Crippen molar-refractivity contribution in [3.05, 3.63) is 101 Å². The van der Waals surface area contributed by atoms with Crippen LogP contribution < -0.4 is 9.80 Å². The summed E-state index contributed by atoms with van der Waals surface area (Å²) in [4.78, 5) is 58.8. The van der Waals surface area contributed by atoms with E-state index in [0.29, 0.717) is 16.9 Å². The Morgan fingerprint density at radius 2 is 1.53 bits per heavy atom. The van der Waals surface area contributed by atoms with Gasteiger partial charge in [0.25, 0.3) is 0 Å². The van der Waals surface area contributed by atoms with Gasteiger partial charge in [0.05, 0.1) is 34.5 Å². The van der Waals surface area contributed by atoms with Crippen LogP contribution in [-0.4, -0.2) is 28.7 Å². The van der Waals surface area contributed by atoms with E-state index in [2.05, 4.69) is 0 Å². The highest BCUT2D eigenvalue weighted by atomic mass is 19.1. The predicted molar refractivity (Wildman–Crippen MR) is 157 cm³/mol. The molecular formula is C35H31FN2O5. The number of phenolic OH excluding ortho intramolecular Hbond substituents is 1. The molecule has 3 aromatic carbocycles. The fourth-order valence-electron chi connectivity index (χ4n) is 8.08. The summed E-state index contributed by atoms with van der Waals surface area (Å²) >= 11 is 0. The topological polar surface area (TPSA) is 95.0 Å². The minimum Gasteiger partial charge on any atom is -0.505 e. The number of carbonyl (C=O) groups excluding carboxylic acids is 4. The van der Waals surface area contributed by atoms with Gasteiger partial charge in [-0.3, -0.25) is 24.1 Å². The van der Waals surface area contributed by atoms with Crippen LogP contribution in [0.25, 0.3) is 0 Å². The van der Waals surface area contributed by atoms with Crippen LogP contribution in [0.4, 0.5) is 15.8 Å². The smallest absolute Gasteiger partial charge is 0.241 e. The first-order valence-electron chi connectivity index (χ1n) is 14.8. The van der Waals surface area contributed by atoms with Crippen LogP contribution in [0, 0.1) is 34.9 Å². The van der Waals surface area contributed by atoms with Gasteiger partial charge < -0.3 is 5.11 Å². The molecule has 7 nitrogen and oxygen atoms in total. The fraction of sp³-hybridized carbons (Fsp3) is 0.314. The number of phenols is 1. The molecule has 0 aromatic heterocycles. The lowest BCUT2D eigenvalue weighted by atomic mass is 9.51. The molecule has 0 spiro atoms. The molecule has 3 fully saturated rings. The molecule has 1 N–H and O–H groups in total. The number of nitrogens with zero attached hydrogens (tertiary/aromatic N) is 2. The molecule has 0 unspecified atom stereocenters. The summed E-state index contributed by atoms with van der Waals surface area (Å²) in [6.07, 6.45) is 3.16. The van der Waals surface area contributed by atoms with Crippen molar-refractivity contribution in [3.63, 3.8) is 0 Å². The third-order valence-corrected chi connectivity index (χ3v) is 10.2. The van der Waals surface area contributed by atoms with Gasteiger partial charge in [-0.25, -0.2) is 9.29 Å². The first kappa shape index (κ1) is 27.3. The third kappa shape index (κ3) is 3.71. The Labute approximate surface area is 248 Å². The molecular weight excluding hydrogens is 547 g/mol. The van der Waals surface area contributed by atoms with Gasteiger partial charge in [-0.1, -0.05) is 61.0 Å². The number of hydrogen-bond acceptors (Lipinski definition) is 5. The second kappa shape index (κ2) is 9.73. The van der Waals surface area contributed by atoms with Gasteiger partial charge in [-0.15, -0.1) is 0 Å². The fourth-order valence-corrected chi connectivity index (χ4v) is 8.08. The van der Waals surface area contributed by atoms with Crippen molar-refractivity contribution in [1.29, 1.82) is 0 Å². The Morgan fingerprint density at radius 3 is 2.23 bits per heavy atom. The maximum Gasteiger partial charge on any atom is 0.241 e. The van der Waals surface area contributed by atoms with Crippen molar-refractivity contribution >= 4 is 35.0 Å². The molecule has 2 heterocycles. The van der Waals surface area contributed by atoms with Crippen molar-refractivity contribution in [3.8, 4) is 5.75 Å². The van der Waals surface area contributed by atoms with Gasteiger partial charge in [0.2, 0.25) is 23.6 Å². The van der Waals surface area contributed by atoms with Crippen molar-refractivity contribution < 1.29 is 28.7 Å². The summed E-state index contributed by atoms with van der Waals surface area (Å²) in [7, 11) is 0. The van der Waals surface area contributed by atoms with Crippen molar-refractivity contribution in [2.24, 2.45) is 29.1 Å². The van der Waals surface area contributed by atoms with E-state index in [4.69, 9.17) is 0 Å². The predicted octanol–water partition coefficient (Wildman–Crippen LogP) is 5.53. The number of amides is 4. The van der Waals surface area contributed by atoms with Gasteiger partial charge in [0, 0.05) is 11.5 Å². The van der Waals surface area contributed by atoms with Gasteiger partial charge >= 0.3 is 0 Å². The molecule has 2 aliphatic heterocycles. The average molecular weight is 579 g/mol. The van der Waals surface area contributed by atoms with E-state index < -0.39 is 58.4 Å². The van der Waals surface area contributed by atoms with E-state index in [9.17, 15) is 28.7 Å². The van der Waals surface area contributed by atoms with Crippen molar-refractivity contribution in [2.45, 2.75) is 39.0 Å². The van der Waals surface area contributed by atoms with E-state index in [0.717, 1.165) is 18.1 Å². The Kier molecular flexibility index (Phi) is 6.16. The van der Waals surface area contributed by atoms with Crippen LogP contribution in [0.2, 0.25) is 0 Å². The van der Waals surface area contributed by atoms with Gasteiger partial charge in [0.15, 0.2) is 11.6 Å². The lowest BCUT2D eigenvalue weighted by Gasteiger charge is -2.49. The van der Waals surface area contributed by atoms with Gasteiger partial charge in [-0.05, 0) is 68.0 Å². The summed E-state index contributed by atoms with van der Waals surface area (Å²) in [5.41, 5.74) is 1.56. The van der Waals surface area contributed by atoms with E-state index in [-0.39, 0.29) is 30.2 Å². The molecule has 2 saturated heterocycles. The normalized spacial score (nSPS) is 29.8. The van der Waals surface area contributed by atoms with Crippen LogP contribution >= 0.6 is 0 Å². The first-order chi connectivity index (χ1) is 20.7. The lowest BCUT2D eigenvalue weighted by molar-refractivity contribution is -0.131. The van der Waals surface area contributed by atoms with E-state index >= 15 is 0 Å². The Bertz CT molecular complexity index is 1720. The van der Waals surface area contributed by atoms with Crippen LogP contribution in [0.15, 0.2) is 84.4 Å². The zero-order valence-electron chi connectivity index (χ0n) is 23.9. The Morgan fingerprint density at radius 1 is 0.837 bits per heavy atom. The molecule has 43 heavy (non-hydrogen) atoms. The number of benzene rings is 3. The Balaban J connectivity index is 1.36. The van der Waals surface area contributed by atoms with Gasteiger partial charge in [0.1, 0.15) is 0 Å². The first-order valence-corrected chi connectivity index (χ1v) is 14.8. The molecule has 8 heteroatoms. The molecule has 6 atom stereocenters. The molecule has 218 valence electrons. The second-order valence-corrected chi connectivity index (χ2v) is 12.2. The third-order valence-electron chi connectivity index (χ3n) is 10.2. The molecule has 7 rings (SSSR count). The maximum absolute atomic E-state index is 14.8. The number of para-hydroxylation sites is 2. The zero-order chi connectivity index (χ0) is 30.2. The number of halogens is 1. The minimum atomic E-state index is -1.35. The van der Waals surface area contributed by atoms with Gasteiger partial charge in [-0.2, -0.15) is 0 Å². The number of aryl methyl sites for hydroxylation is 1. The largest absolute Gasteiger partial charge is 0.505 e. The maximum atomic E-state index is 14.8. The highest BCUT2D eigenvalue weighted by molar-refractivity contribution is 6.25. The van der Waals surface area contributed by atoms with Crippen LogP contribution in [0.3, 0.4) is 0 Å². The van der Waals surface area contributed by atoms with Crippen LogP contribution in [-0.2, 0) is 25.6 Å². The summed E-state index contributed by atoms with van der Waals surface area (Å²) in [5, 5.41) is 11.0. The second-order valence-electron chi connectivity index (χ2n) is 12.2. The molecule has 4 amide bonds. The van der Waals surface area contributed by atoms with E-state index in [1.807, 2.05) is 25.1 Å². The summed E-state index contributed by atoms with van der Waals surface area (Å²) in [5.74, 6) is -6.50. The zero-order valence-corrected chi connectivity index (χ0v) is 23.9. The molecule has 0 radical (unpaired) electrons. The van der Waals surface area contributed by atoms with Crippen molar-refractivity contribution in [1.82, 2.24) is 0 Å². The number of hydrogen-bond donors (Lipinski definition) is 1. The summed E-state index contributed by atoms with van der Waals surface area (Å²) < 4.78 is 14.8. The van der Waals surface area contributed by atoms with Crippen LogP contribution in [0.1, 0.15) is 43.7 Å². The van der Waals surface area contributed by atoms with E-state index in [1.165, 1.54) is 15.9 Å². The number of aromatic hydroxyl groups is 1. The summed E-state index contributed by atoms with van der Waals surface area (Å²) in [6, 6.07) is 20.2. The highest BCUT2D eigenvalue weighted by Gasteiger charge is 2.68. The lowest BCUT2D eigenvalue weighted by Crippen LogP contribution is -2.49. The molecule has 4 aliphatic rings. The number of anilines is 2. The standard InChI is InChI=1S/C35H31FN2O5/c1-3-19-12-14-21(15-13-19)37-31(40)23-17-16-22-25(28(23)33(37)42)18-26-32(41)38(20-8-5-4-6-9-20)34(43)35(26,2)29(22)24-10-7-11-27(36)30(24)39/h4-16,23,25-26,28-29,39H,3,17-18H2,1-2H3/t23-,25+,26-,28-,29+,35+/m0/s1. The number of allylic oxidation sites excluding steroid dienone is 2. The van der Waals surface area contributed by atoms with E-state index in [1.54, 1.807) is 55.5 Å². The monoisotopic (exact) mass is 578 g/mol. The molecule has 2 aliphatic carbocycles. The van der Waals surface area contributed by atoms with Crippen molar-refractivity contribution in [2.75, 3.05) is 9.80 Å².